The highest BCUT2D eigenvalue weighted by atomic mass is 16.7. The Balaban J connectivity index is 1.38. The zero-order valence-electron chi connectivity index (χ0n) is 18.1. The Morgan fingerprint density at radius 2 is 1.75 bits per heavy atom. The zero-order chi connectivity index (χ0) is 22.7. The van der Waals surface area contributed by atoms with E-state index in [1.807, 2.05) is 0 Å². The van der Waals surface area contributed by atoms with Crippen LogP contribution in [0.1, 0.15) is 46.9 Å². The van der Waals surface area contributed by atoms with E-state index in [4.69, 9.17) is 18.9 Å². The highest BCUT2D eigenvalue weighted by Gasteiger charge is 2.43. The monoisotopic (exact) mass is 439 g/mol. The summed E-state index contributed by atoms with van der Waals surface area (Å²) in [6.45, 7) is 2.88. The summed E-state index contributed by atoms with van der Waals surface area (Å²) in [6.07, 6.45) is 0.643. The van der Waals surface area contributed by atoms with Gasteiger partial charge in [0.2, 0.25) is 0 Å². The van der Waals surface area contributed by atoms with Gasteiger partial charge < -0.3 is 23.8 Å². The van der Waals surface area contributed by atoms with Crippen LogP contribution in [0.2, 0.25) is 0 Å². The smallest absolute Gasteiger partial charge is 0.497 e. The topological polar surface area (TPSA) is 91.4 Å². The van der Waals surface area contributed by atoms with E-state index < -0.39 is 11.8 Å². The lowest BCUT2D eigenvalue weighted by molar-refractivity contribution is -0.00577. The number of carbonyl (C=O) groups excluding carboxylic acids is 3. The van der Waals surface area contributed by atoms with Gasteiger partial charge in [0.25, 0.3) is 5.91 Å². The van der Waals surface area contributed by atoms with Crippen molar-refractivity contribution in [2.45, 2.75) is 31.8 Å². The number of nitrogens with zero attached hydrogens (tertiary/aromatic N) is 1. The number of likely N-dealkylation sites (tertiary alicyclic amines) is 1. The number of piperidine rings is 1. The second-order valence-corrected chi connectivity index (χ2v) is 7.85. The molecular weight excluding hydrogens is 414 g/mol. The number of benzene rings is 2. The maximum absolute atomic E-state index is 12.9. The molecule has 0 bridgehead atoms. The molecule has 2 aliphatic heterocycles. The number of methoxy groups -OCH3 is 1. The van der Waals surface area contributed by atoms with E-state index in [0.717, 1.165) is 0 Å². The van der Waals surface area contributed by atoms with E-state index in [9.17, 15) is 14.4 Å². The Kier molecular flexibility index (Phi) is 6.03. The van der Waals surface area contributed by atoms with Crippen molar-refractivity contribution in [3.05, 3.63) is 53.6 Å². The molecule has 168 valence electrons. The Morgan fingerprint density at radius 1 is 1.06 bits per heavy atom. The molecule has 32 heavy (non-hydrogen) atoms. The Labute approximate surface area is 186 Å². The number of fused-ring (bicyclic) bond motifs is 1. The lowest BCUT2D eigenvalue weighted by Gasteiger charge is -2.44. The Bertz CT molecular complexity index is 1020. The number of hydrogen-bond acceptors (Lipinski definition) is 7. The average Bonchev–Trinajstić information content (AvgIpc) is 2.79. The van der Waals surface area contributed by atoms with Crippen LogP contribution >= 0.6 is 0 Å². The summed E-state index contributed by atoms with van der Waals surface area (Å²) in [4.78, 5) is 38.8. The van der Waals surface area contributed by atoms with Crippen LogP contribution in [0, 0.1) is 0 Å². The van der Waals surface area contributed by atoms with E-state index in [0.29, 0.717) is 54.3 Å². The molecule has 0 saturated carbocycles. The fraction of sp³-hybridized carbons (Fsp3) is 0.375. The van der Waals surface area contributed by atoms with Crippen molar-refractivity contribution in [2.75, 3.05) is 26.8 Å². The molecule has 8 heteroatoms. The van der Waals surface area contributed by atoms with Crippen LogP contribution in [-0.2, 0) is 4.74 Å². The summed E-state index contributed by atoms with van der Waals surface area (Å²) in [5.74, 6) is 1.41. The summed E-state index contributed by atoms with van der Waals surface area (Å²) in [7, 11) is 1.56. The van der Waals surface area contributed by atoms with E-state index in [1.165, 1.54) is 0 Å². The van der Waals surface area contributed by atoms with Gasteiger partial charge in [-0.25, -0.2) is 4.79 Å². The summed E-state index contributed by atoms with van der Waals surface area (Å²) in [5, 5.41) is 0. The lowest BCUT2D eigenvalue weighted by atomic mass is 9.82. The van der Waals surface area contributed by atoms with Gasteiger partial charge in [-0.1, -0.05) is 0 Å². The van der Waals surface area contributed by atoms with E-state index in [2.05, 4.69) is 0 Å². The number of carbonyl (C=O) groups is 3. The standard InChI is InChI=1S/C24H25NO7/c1-3-30-23(28)31-17-6-4-16(5-7-17)22(27)25-12-10-24(11-13-25)15-20(26)19-14-18(29-2)8-9-21(19)32-24/h4-9,14H,3,10-13,15H2,1-2H3. The van der Waals surface area contributed by atoms with Crippen molar-refractivity contribution in [1.29, 1.82) is 0 Å². The highest BCUT2D eigenvalue weighted by molar-refractivity contribution is 6.01. The third-order valence-corrected chi connectivity index (χ3v) is 5.82. The van der Waals surface area contributed by atoms with Crippen LogP contribution < -0.4 is 14.2 Å². The molecule has 2 aromatic rings. The summed E-state index contributed by atoms with van der Waals surface area (Å²) < 4.78 is 21.2. The molecule has 2 aliphatic rings. The Morgan fingerprint density at radius 3 is 2.41 bits per heavy atom. The largest absolute Gasteiger partial charge is 0.513 e. The van der Waals surface area contributed by atoms with Crippen LogP contribution in [0.25, 0.3) is 0 Å². The van der Waals surface area contributed by atoms with Gasteiger partial charge in [-0.3, -0.25) is 9.59 Å². The van der Waals surface area contributed by atoms with Crippen molar-refractivity contribution < 1.29 is 33.3 Å². The molecule has 8 nitrogen and oxygen atoms in total. The molecule has 0 aromatic heterocycles. The molecule has 0 N–H and O–H groups in total. The molecule has 0 radical (unpaired) electrons. The molecule has 1 fully saturated rings. The molecule has 0 unspecified atom stereocenters. The van der Waals surface area contributed by atoms with Crippen LogP contribution in [0.5, 0.6) is 17.2 Å². The second kappa shape index (κ2) is 8.90. The molecule has 2 heterocycles. The van der Waals surface area contributed by atoms with Crippen molar-refractivity contribution in [2.24, 2.45) is 0 Å². The number of hydrogen-bond donors (Lipinski definition) is 0. The quantitative estimate of drug-likeness (QED) is 0.527. The lowest BCUT2D eigenvalue weighted by Crippen LogP contribution is -2.52. The molecule has 0 aliphatic carbocycles. The molecule has 2 aromatic carbocycles. The predicted octanol–water partition coefficient (Wildman–Crippen LogP) is 3.87. The minimum absolute atomic E-state index is 0.0297. The van der Waals surface area contributed by atoms with Gasteiger partial charge in [0.15, 0.2) is 5.78 Å². The maximum Gasteiger partial charge on any atom is 0.513 e. The minimum atomic E-state index is -0.782. The number of Topliss-reactive ketones (excluding diaryl/α,β-unsaturated/α-hetero) is 1. The number of amides is 1. The number of ketones is 1. The first-order chi connectivity index (χ1) is 15.4. The van der Waals surface area contributed by atoms with Gasteiger partial charge in [-0.15, -0.1) is 0 Å². The van der Waals surface area contributed by atoms with Gasteiger partial charge in [-0.05, 0) is 49.4 Å². The highest BCUT2D eigenvalue weighted by Crippen LogP contribution is 2.40. The van der Waals surface area contributed by atoms with Gasteiger partial charge in [0.05, 0.1) is 25.7 Å². The first-order valence-corrected chi connectivity index (χ1v) is 10.6. The molecule has 1 spiro atoms. The molecular formula is C24H25NO7. The molecule has 1 saturated heterocycles. The van der Waals surface area contributed by atoms with E-state index in [1.54, 1.807) is 61.4 Å². The van der Waals surface area contributed by atoms with Crippen molar-refractivity contribution >= 4 is 17.8 Å². The van der Waals surface area contributed by atoms with Crippen LogP contribution in [0.4, 0.5) is 4.79 Å². The SMILES string of the molecule is CCOC(=O)Oc1ccc(C(=O)N2CCC3(CC2)CC(=O)c2cc(OC)ccc2O3)cc1. The maximum atomic E-state index is 12.9. The Hall–Kier alpha value is -3.55. The first-order valence-electron chi connectivity index (χ1n) is 10.6. The second-order valence-electron chi connectivity index (χ2n) is 7.85. The van der Waals surface area contributed by atoms with Gasteiger partial charge in [0.1, 0.15) is 22.8 Å². The average molecular weight is 439 g/mol. The summed E-state index contributed by atoms with van der Waals surface area (Å²) >= 11 is 0. The third kappa shape index (κ3) is 4.39. The predicted molar refractivity (Wildman–Crippen MR) is 115 cm³/mol. The van der Waals surface area contributed by atoms with Crippen molar-refractivity contribution in [3.8, 4) is 17.2 Å². The van der Waals surface area contributed by atoms with E-state index in [-0.39, 0.29) is 24.7 Å². The summed E-state index contributed by atoms with van der Waals surface area (Å²) in [6, 6.07) is 11.6. The summed E-state index contributed by atoms with van der Waals surface area (Å²) in [5.41, 5.74) is 0.445. The van der Waals surface area contributed by atoms with Gasteiger partial charge >= 0.3 is 6.16 Å². The van der Waals surface area contributed by atoms with Crippen molar-refractivity contribution in [3.63, 3.8) is 0 Å². The molecule has 0 atom stereocenters. The first kappa shape index (κ1) is 21.7. The minimum Gasteiger partial charge on any atom is -0.497 e. The fourth-order valence-corrected chi connectivity index (χ4v) is 4.09. The van der Waals surface area contributed by atoms with Crippen LogP contribution in [0.3, 0.4) is 0 Å². The van der Waals surface area contributed by atoms with Crippen molar-refractivity contribution in [1.82, 2.24) is 4.90 Å². The van der Waals surface area contributed by atoms with E-state index >= 15 is 0 Å². The zero-order valence-corrected chi connectivity index (χ0v) is 18.1. The van der Waals surface area contributed by atoms with Crippen LogP contribution in [0.15, 0.2) is 42.5 Å². The number of ether oxygens (including phenoxy) is 4. The van der Waals surface area contributed by atoms with Crippen LogP contribution in [-0.4, -0.2) is 55.2 Å². The van der Waals surface area contributed by atoms with Gasteiger partial charge in [-0.2, -0.15) is 0 Å². The normalized spacial score (nSPS) is 16.7. The number of rotatable bonds is 4. The molecule has 4 rings (SSSR count). The molecule has 1 amide bonds. The van der Waals surface area contributed by atoms with Gasteiger partial charge in [0, 0.05) is 31.5 Å². The third-order valence-electron chi connectivity index (χ3n) is 5.82. The fourth-order valence-electron chi connectivity index (χ4n) is 4.09.